The summed E-state index contributed by atoms with van der Waals surface area (Å²) >= 11 is -0.556. The zero-order valence-electron chi connectivity index (χ0n) is 19.3. The molecule has 8 heteroatoms. The van der Waals surface area contributed by atoms with Gasteiger partial charge in [-0.1, -0.05) is 57.2 Å². The maximum atomic E-state index is 6.94. The van der Waals surface area contributed by atoms with Gasteiger partial charge in [-0.15, -0.1) is 45.3 Å². The summed E-state index contributed by atoms with van der Waals surface area (Å²) < 4.78 is 10.6. The van der Waals surface area contributed by atoms with Crippen LogP contribution in [0, 0.1) is 0 Å². The van der Waals surface area contributed by atoms with E-state index in [4.69, 9.17) is 32.9 Å². The molecule has 1 N–H and O–H groups in total. The first kappa shape index (κ1) is 29.9. The molecule has 0 saturated carbocycles. The van der Waals surface area contributed by atoms with Crippen LogP contribution in [0.15, 0.2) is 54.6 Å². The molecule has 0 amide bonds. The molecular weight excluding hydrogens is 485 g/mol. The van der Waals surface area contributed by atoms with Gasteiger partial charge in [0.1, 0.15) is 0 Å². The molecule has 3 aromatic rings. The van der Waals surface area contributed by atoms with E-state index in [0.717, 1.165) is 0 Å². The number of halogens is 2. The Morgan fingerprint density at radius 2 is 1.27 bits per heavy atom. The van der Waals surface area contributed by atoms with Gasteiger partial charge in [-0.2, -0.15) is 0 Å². The molecular formula is C22H34Cl2NO2Si2Ti-2. The third kappa shape index (κ3) is 14.8. The SMILES string of the molecule is CC(C)(C)[NH-].CO[Si](C)O[Si](C)(C)C.[Cl][Ti][Cl].c1ccc2c(c1)[cH-]c1ccccc12. The zero-order valence-corrected chi connectivity index (χ0v) is 24.3. The van der Waals surface area contributed by atoms with Gasteiger partial charge < -0.3 is 14.3 Å². The Balaban J connectivity index is 0.000000434. The average molecular weight is 519 g/mol. The van der Waals surface area contributed by atoms with Crippen LogP contribution in [-0.4, -0.2) is 30.2 Å². The van der Waals surface area contributed by atoms with Gasteiger partial charge in [0.25, 0.3) is 0 Å². The van der Waals surface area contributed by atoms with E-state index in [1.165, 1.54) is 21.5 Å². The Morgan fingerprint density at radius 3 is 1.53 bits per heavy atom. The van der Waals surface area contributed by atoms with Gasteiger partial charge in [0.2, 0.25) is 0 Å². The molecule has 0 aliphatic heterocycles. The van der Waals surface area contributed by atoms with Crippen molar-refractivity contribution in [1.82, 2.24) is 0 Å². The monoisotopic (exact) mass is 518 g/mol. The smallest absolute Gasteiger partial charge is 0.0771 e. The average Bonchev–Trinajstić information content (AvgIpc) is 2.99. The third-order valence-corrected chi connectivity index (χ3v) is 7.43. The summed E-state index contributed by atoms with van der Waals surface area (Å²) in [5.74, 6) is 0. The molecule has 1 radical (unpaired) electrons. The normalized spacial score (nSPS) is 11.1. The van der Waals surface area contributed by atoms with Crippen molar-refractivity contribution in [2.75, 3.05) is 7.11 Å². The first-order valence-corrected chi connectivity index (χ1v) is 19.2. The van der Waals surface area contributed by atoms with E-state index < -0.39 is 34.6 Å². The number of fused-ring (bicyclic) bond motifs is 3. The number of hydrogen-bond acceptors (Lipinski definition) is 2. The van der Waals surface area contributed by atoms with Gasteiger partial charge in [0, 0.05) is 7.11 Å². The van der Waals surface area contributed by atoms with Crippen LogP contribution in [0.3, 0.4) is 0 Å². The molecule has 0 saturated heterocycles. The first-order valence-electron chi connectivity index (χ1n) is 9.63. The Labute approximate surface area is 202 Å². The van der Waals surface area contributed by atoms with Crippen molar-refractivity contribution in [2.24, 2.45) is 0 Å². The molecule has 0 aromatic heterocycles. The van der Waals surface area contributed by atoms with Crippen LogP contribution in [0.2, 0.25) is 26.2 Å². The summed E-state index contributed by atoms with van der Waals surface area (Å²) in [6, 6.07) is 19.3. The van der Waals surface area contributed by atoms with Crippen molar-refractivity contribution in [3.63, 3.8) is 0 Å². The quantitative estimate of drug-likeness (QED) is 0.257. The van der Waals surface area contributed by atoms with Gasteiger partial charge in [-0.05, 0) is 26.2 Å². The number of hydrogen-bond donors (Lipinski definition) is 0. The molecule has 30 heavy (non-hydrogen) atoms. The zero-order chi connectivity index (χ0) is 23.4. The van der Waals surface area contributed by atoms with E-state index >= 15 is 0 Å². The van der Waals surface area contributed by atoms with Crippen LogP contribution in [0.25, 0.3) is 27.3 Å². The van der Waals surface area contributed by atoms with E-state index in [2.05, 4.69) is 74.2 Å². The third-order valence-electron chi connectivity index (χ3n) is 3.26. The van der Waals surface area contributed by atoms with E-state index in [9.17, 15) is 0 Å². The second kappa shape index (κ2) is 14.9. The Morgan fingerprint density at radius 1 is 0.933 bits per heavy atom. The molecule has 0 unspecified atom stereocenters. The number of rotatable bonds is 3. The topological polar surface area (TPSA) is 42.3 Å². The number of benzene rings is 2. The molecule has 0 spiro atoms. The predicted octanol–water partition coefficient (Wildman–Crippen LogP) is 8.53. The summed E-state index contributed by atoms with van der Waals surface area (Å²) in [6.07, 6.45) is 0. The molecule has 0 fully saturated rings. The molecule has 3 aromatic carbocycles. The maximum Gasteiger partial charge on any atom is -0.0771 e. The molecule has 3 nitrogen and oxygen atoms in total. The van der Waals surface area contributed by atoms with E-state index in [1.807, 2.05) is 27.3 Å². The Hall–Kier alpha value is -0.0819. The van der Waals surface area contributed by atoms with Crippen LogP contribution < -0.4 is 0 Å². The van der Waals surface area contributed by atoms with Gasteiger partial charge in [-0.25, -0.2) is 0 Å². The Bertz CT molecular complexity index is 792. The summed E-state index contributed by atoms with van der Waals surface area (Å²) in [4.78, 5) is 0. The van der Waals surface area contributed by atoms with Gasteiger partial charge in [-0.3, -0.25) is 0 Å². The van der Waals surface area contributed by atoms with Crippen LogP contribution in [-0.2, 0) is 25.6 Å². The van der Waals surface area contributed by atoms with Crippen molar-refractivity contribution >= 4 is 57.8 Å². The molecule has 167 valence electrons. The van der Waals surface area contributed by atoms with Gasteiger partial charge >= 0.3 is 44.9 Å². The molecule has 0 atom stereocenters. The fraction of sp³-hybridized carbons (Fsp3) is 0.409. The first-order chi connectivity index (χ1) is 13.8. The standard InChI is InChI=1S/C13H9.C5H15O2Si2.C4H10N.2ClH.Ti/c1-3-7-12-10(5-1)9-11-6-2-4-8-13(11)12;1-6-8(2)7-9(3,4)5;1-4(2,3)5;;;/h1-9H;1-5H3;5H,1-3H3;2*1H;/q-1;;-1;;;+2/p-2. The van der Waals surface area contributed by atoms with Crippen molar-refractivity contribution < 1.29 is 25.6 Å². The molecule has 3 rings (SSSR count). The van der Waals surface area contributed by atoms with Crippen LogP contribution in [0.4, 0.5) is 0 Å². The second-order valence-electron chi connectivity index (χ2n) is 8.55. The van der Waals surface area contributed by atoms with Crippen LogP contribution in [0.1, 0.15) is 20.8 Å². The molecule has 0 aliphatic rings. The fourth-order valence-corrected chi connectivity index (χ4v) is 6.16. The summed E-state index contributed by atoms with van der Waals surface area (Å²) in [7, 11) is 9.23. The largest absolute Gasteiger partial charge is 0.126 e. The summed E-state index contributed by atoms with van der Waals surface area (Å²) in [6.45, 7) is 14.1. The van der Waals surface area contributed by atoms with Gasteiger partial charge in [0.15, 0.2) is 8.32 Å². The summed E-state index contributed by atoms with van der Waals surface area (Å²) in [5, 5.41) is 5.39. The van der Waals surface area contributed by atoms with Gasteiger partial charge in [0.05, 0.1) is 0 Å². The van der Waals surface area contributed by atoms with Crippen molar-refractivity contribution in [3.05, 3.63) is 60.3 Å². The molecule has 0 heterocycles. The number of nitrogens with one attached hydrogen (secondary N) is 1. The van der Waals surface area contributed by atoms with Crippen LogP contribution in [0.5, 0.6) is 0 Å². The van der Waals surface area contributed by atoms with E-state index in [0.29, 0.717) is 0 Å². The summed E-state index contributed by atoms with van der Waals surface area (Å²) in [5.41, 5.74) is 6.69. The van der Waals surface area contributed by atoms with E-state index in [-0.39, 0.29) is 5.54 Å². The minimum Gasteiger partial charge on any atom is -0.126 e. The maximum absolute atomic E-state index is 6.94. The van der Waals surface area contributed by atoms with Crippen LogP contribution >= 0.6 is 18.6 Å². The van der Waals surface area contributed by atoms with E-state index in [1.54, 1.807) is 7.11 Å². The predicted molar refractivity (Wildman–Crippen MR) is 136 cm³/mol. The molecule has 0 aliphatic carbocycles. The fourth-order valence-electron chi connectivity index (χ4n) is 2.38. The van der Waals surface area contributed by atoms with Crippen molar-refractivity contribution in [2.45, 2.75) is 52.5 Å². The molecule has 0 bridgehead atoms. The second-order valence-corrected chi connectivity index (χ2v) is 17.6. The minimum absolute atomic E-state index is 0.250. The Kier molecular flexibility index (Phi) is 14.8. The van der Waals surface area contributed by atoms with Crippen molar-refractivity contribution in [1.29, 1.82) is 0 Å². The minimum atomic E-state index is -1.32. The van der Waals surface area contributed by atoms with Crippen molar-refractivity contribution in [3.8, 4) is 0 Å².